The van der Waals surface area contributed by atoms with Gasteiger partial charge < -0.3 is 10.2 Å². The molecule has 2 aromatic carbocycles. The van der Waals surface area contributed by atoms with Crippen molar-refractivity contribution in [3.8, 4) is 0 Å². The van der Waals surface area contributed by atoms with E-state index in [0.29, 0.717) is 28.6 Å². The Bertz CT molecular complexity index is 1150. The van der Waals surface area contributed by atoms with Crippen LogP contribution in [0.15, 0.2) is 42.5 Å². The van der Waals surface area contributed by atoms with E-state index in [4.69, 9.17) is 23.2 Å². The van der Waals surface area contributed by atoms with Gasteiger partial charge in [-0.05, 0) is 49.6 Å². The highest BCUT2D eigenvalue weighted by Gasteiger charge is 2.29. The van der Waals surface area contributed by atoms with E-state index >= 15 is 0 Å². The first-order valence-electron chi connectivity index (χ1n) is 11.2. The third kappa shape index (κ3) is 8.08. The van der Waals surface area contributed by atoms with Crippen LogP contribution >= 0.6 is 23.2 Å². The molecule has 0 heterocycles. The van der Waals surface area contributed by atoms with E-state index in [0.717, 1.165) is 10.6 Å². The Morgan fingerprint density at radius 3 is 2.34 bits per heavy atom. The molecule has 0 fully saturated rings. The Morgan fingerprint density at radius 2 is 1.77 bits per heavy atom. The fourth-order valence-electron chi connectivity index (χ4n) is 3.68. The number of likely N-dealkylation sites (N-methyl/N-ethyl adjacent to an activating group) is 1. The lowest BCUT2D eigenvalue weighted by atomic mass is 10.1. The number of amides is 2. The highest BCUT2D eigenvalue weighted by molar-refractivity contribution is 7.92. The summed E-state index contributed by atoms with van der Waals surface area (Å²) in [6.45, 7) is 4.03. The lowest BCUT2D eigenvalue weighted by Crippen LogP contribution is -2.49. The SMILES string of the molecule is CCNC(=O)C(CC)N(Cc1ccc(Cl)c(Cl)c1)C(=O)CCCN(c1ccccc1F)S(C)(=O)=O. The number of hydrogen-bond acceptors (Lipinski definition) is 4. The molecule has 2 aromatic rings. The molecule has 0 spiro atoms. The maximum atomic E-state index is 14.3. The van der Waals surface area contributed by atoms with Gasteiger partial charge in [0.2, 0.25) is 21.8 Å². The molecular weight excluding hydrogens is 516 g/mol. The van der Waals surface area contributed by atoms with Crippen molar-refractivity contribution >= 4 is 50.7 Å². The number of para-hydroxylation sites is 1. The zero-order valence-electron chi connectivity index (χ0n) is 19.9. The van der Waals surface area contributed by atoms with E-state index in [9.17, 15) is 22.4 Å². The predicted octanol–water partition coefficient (Wildman–Crippen LogP) is 4.62. The summed E-state index contributed by atoms with van der Waals surface area (Å²) < 4.78 is 39.8. The normalized spacial score (nSPS) is 12.2. The lowest BCUT2D eigenvalue weighted by Gasteiger charge is -2.31. The fourth-order valence-corrected chi connectivity index (χ4v) is 4.97. The highest BCUT2D eigenvalue weighted by atomic mass is 35.5. The molecule has 11 heteroatoms. The number of carbonyl (C=O) groups excluding carboxylic acids is 2. The van der Waals surface area contributed by atoms with E-state index in [1.54, 1.807) is 38.1 Å². The van der Waals surface area contributed by atoms with Crippen molar-refractivity contribution in [2.75, 3.05) is 23.7 Å². The van der Waals surface area contributed by atoms with Crippen LogP contribution in [0, 0.1) is 5.82 Å². The summed E-state index contributed by atoms with van der Waals surface area (Å²) in [7, 11) is -3.78. The van der Waals surface area contributed by atoms with Gasteiger partial charge in [0.05, 0.1) is 22.0 Å². The van der Waals surface area contributed by atoms with Crippen LogP contribution in [0.25, 0.3) is 0 Å². The van der Waals surface area contributed by atoms with Crippen molar-refractivity contribution in [1.82, 2.24) is 10.2 Å². The van der Waals surface area contributed by atoms with Crippen LogP contribution in [0.3, 0.4) is 0 Å². The molecule has 192 valence electrons. The van der Waals surface area contributed by atoms with Crippen molar-refractivity contribution in [1.29, 1.82) is 0 Å². The van der Waals surface area contributed by atoms with Crippen LogP contribution in [0.2, 0.25) is 10.0 Å². The van der Waals surface area contributed by atoms with Crippen molar-refractivity contribution in [2.45, 2.75) is 45.7 Å². The van der Waals surface area contributed by atoms with Gasteiger partial charge in [-0.3, -0.25) is 13.9 Å². The first-order chi connectivity index (χ1) is 16.5. The molecule has 7 nitrogen and oxygen atoms in total. The van der Waals surface area contributed by atoms with Crippen LogP contribution in [-0.4, -0.2) is 50.5 Å². The molecule has 0 bridgehead atoms. The number of carbonyl (C=O) groups is 2. The van der Waals surface area contributed by atoms with Crippen LogP contribution in [0.5, 0.6) is 0 Å². The minimum atomic E-state index is -3.78. The number of sulfonamides is 1. The fraction of sp³-hybridized carbons (Fsp3) is 0.417. The number of nitrogens with zero attached hydrogens (tertiary/aromatic N) is 2. The summed E-state index contributed by atoms with van der Waals surface area (Å²) in [4.78, 5) is 27.4. The van der Waals surface area contributed by atoms with Crippen molar-refractivity contribution in [3.05, 3.63) is 63.9 Å². The Kier molecular flexibility index (Phi) is 10.8. The van der Waals surface area contributed by atoms with E-state index in [2.05, 4.69) is 5.32 Å². The molecule has 35 heavy (non-hydrogen) atoms. The molecule has 1 unspecified atom stereocenters. The molecule has 0 aromatic heterocycles. The van der Waals surface area contributed by atoms with Crippen LogP contribution in [-0.2, 0) is 26.2 Å². The molecule has 0 aliphatic rings. The molecular formula is C24H30Cl2FN3O4S. The maximum absolute atomic E-state index is 14.3. The largest absolute Gasteiger partial charge is 0.355 e. The number of rotatable bonds is 12. The van der Waals surface area contributed by atoms with Crippen molar-refractivity contribution in [3.63, 3.8) is 0 Å². The van der Waals surface area contributed by atoms with Crippen LogP contribution in [0.4, 0.5) is 10.1 Å². The molecule has 1 atom stereocenters. The number of anilines is 1. The summed E-state index contributed by atoms with van der Waals surface area (Å²) in [5.74, 6) is -1.29. The lowest BCUT2D eigenvalue weighted by molar-refractivity contribution is -0.141. The van der Waals surface area contributed by atoms with Gasteiger partial charge in [-0.25, -0.2) is 12.8 Å². The van der Waals surface area contributed by atoms with E-state index in [1.165, 1.54) is 23.1 Å². The van der Waals surface area contributed by atoms with Crippen LogP contribution < -0.4 is 9.62 Å². The van der Waals surface area contributed by atoms with E-state index in [1.807, 2.05) is 0 Å². The number of halogens is 3. The average molecular weight is 546 g/mol. The van der Waals surface area contributed by atoms with Gasteiger partial charge in [-0.15, -0.1) is 0 Å². The quantitative estimate of drug-likeness (QED) is 0.421. The molecule has 0 saturated carbocycles. The first-order valence-corrected chi connectivity index (χ1v) is 13.8. The molecule has 2 amide bonds. The topological polar surface area (TPSA) is 86.8 Å². The smallest absolute Gasteiger partial charge is 0.242 e. The average Bonchev–Trinajstić information content (AvgIpc) is 2.79. The number of hydrogen-bond donors (Lipinski definition) is 1. The van der Waals surface area contributed by atoms with E-state index in [-0.39, 0.29) is 43.4 Å². The molecule has 2 rings (SSSR count). The van der Waals surface area contributed by atoms with Gasteiger partial charge in [0.1, 0.15) is 11.9 Å². The standard InChI is InChI=1S/C24H30Cl2FN3O4S/c1-4-21(24(32)28-5-2)29(16-17-12-13-18(25)19(26)15-17)23(31)11-8-14-30(35(3,33)34)22-10-7-6-9-20(22)27/h6-7,9-10,12-13,15,21H,4-5,8,11,14,16H2,1-3H3,(H,28,32). The second-order valence-corrected chi connectivity index (χ2v) is 10.7. The Labute approximate surface area is 216 Å². The maximum Gasteiger partial charge on any atom is 0.242 e. The Morgan fingerprint density at radius 1 is 1.09 bits per heavy atom. The highest BCUT2D eigenvalue weighted by Crippen LogP contribution is 2.25. The molecule has 1 N–H and O–H groups in total. The summed E-state index contributed by atoms with van der Waals surface area (Å²) in [5, 5.41) is 3.45. The molecule has 0 saturated heterocycles. The second kappa shape index (κ2) is 13.1. The molecule has 0 radical (unpaired) electrons. The summed E-state index contributed by atoms with van der Waals surface area (Å²) in [5.41, 5.74) is 0.614. The summed E-state index contributed by atoms with van der Waals surface area (Å²) in [6, 6.07) is 9.81. The number of benzene rings is 2. The Balaban J connectivity index is 2.24. The van der Waals surface area contributed by atoms with Crippen molar-refractivity contribution in [2.24, 2.45) is 0 Å². The van der Waals surface area contributed by atoms with Crippen molar-refractivity contribution < 1.29 is 22.4 Å². The zero-order chi connectivity index (χ0) is 26.2. The van der Waals surface area contributed by atoms with Gasteiger partial charge in [0.25, 0.3) is 0 Å². The monoisotopic (exact) mass is 545 g/mol. The van der Waals surface area contributed by atoms with Gasteiger partial charge >= 0.3 is 0 Å². The summed E-state index contributed by atoms with van der Waals surface area (Å²) in [6.07, 6.45) is 1.45. The first kappa shape index (κ1) is 28.9. The van der Waals surface area contributed by atoms with Gasteiger partial charge in [0, 0.05) is 26.1 Å². The van der Waals surface area contributed by atoms with Gasteiger partial charge in [0.15, 0.2) is 0 Å². The molecule has 0 aliphatic carbocycles. The van der Waals surface area contributed by atoms with Gasteiger partial charge in [-0.2, -0.15) is 0 Å². The van der Waals surface area contributed by atoms with Crippen LogP contribution in [0.1, 0.15) is 38.7 Å². The minimum Gasteiger partial charge on any atom is -0.355 e. The van der Waals surface area contributed by atoms with E-state index < -0.39 is 21.9 Å². The molecule has 0 aliphatic heterocycles. The number of nitrogens with one attached hydrogen (secondary N) is 1. The minimum absolute atomic E-state index is 0.0439. The third-order valence-corrected chi connectivity index (χ3v) is 7.27. The predicted molar refractivity (Wildman–Crippen MR) is 138 cm³/mol. The van der Waals surface area contributed by atoms with Gasteiger partial charge in [-0.1, -0.05) is 48.3 Å². The second-order valence-electron chi connectivity index (χ2n) is 7.98. The Hall–Kier alpha value is -2.36. The third-order valence-electron chi connectivity index (χ3n) is 5.35. The summed E-state index contributed by atoms with van der Waals surface area (Å²) >= 11 is 12.1. The zero-order valence-corrected chi connectivity index (χ0v) is 22.3.